The van der Waals surface area contributed by atoms with Gasteiger partial charge in [0.15, 0.2) is 0 Å². The molecule has 3 rings (SSSR count). The molecule has 0 unspecified atom stereocenters. The molecule has 9 heteroatoms. The number of nitro benzene ring substituents is 1. The van der Waals surface area contributed by atoms with Crippen molar-refractivity contribution >= 4 is 52.1 Å². The molecule has 0 aliphatic carbocycles. The van der Waals surface area contributed by atoms with Crippen molar-refractivity contribution in [3.8, 4) is 0 Å². The van der Waals surface area contributed by atoms with Gasteiger partial charge in [-0.2, -0.15) is 0 Å². The molecule has 0 radical (unpaired) electrons. The van der Waals surface area contributed by atoms with Crippen molar-refractivity contribution in [1.82, 2.24) is 4.90 Å². The van der Waals surface area contributed by atoms with Crippen LogP contribution in [0.2, 0.25) is 15.1 Å². The lowest BCUT2D eigenvalue weighted by Gasteiger charge is -2.36. The molecule has 2 aromatic rings. The second-order valence-electron chi connectivity index (χ2n) is 6.49. The second kappa shape index (κ2) is 8.99. The first kappa shape index (κ1) is 20.7. The fraction of sp³-hybridized carbons (Fsp3) is 0.316. The van der Waals surface area contributed by atoms with Crippen LogP contribution in [0.3, 0.4) is 0 Å². The Balaban J connectivity index is 1.58. The Labute approximate surface area is 177 Å². The van der Waals surface area contributed by atoms with Crippen molar-refractivity contribution in [3.63, 3.8) is 0 Å². The number of hydrogen-bond donors (Lipinski definition) is 0. The predicted molar refractivity (Wildman–Crippen MR) is 112 cm³/mol. The molecule has 148 valence electrons. The molecule has 1 fully saturated rings. The SMILES string of the molecule is O=C(CCc1ccc(Cl)cc1Cl)N1CCN(c2ccc(Cl)cc2[N+](=O)[O-])CC1. The summed E-state index contributed by atoms with van der Waals surface area (Å²) in [7, 11) is 0. The first-order valence-corrected chi connectivity index (χ1v) is 9.89. The molecule has 0 atom stereocenters. The van der Waals surface area contributed by atoms with E-state index < -0.39 is 4.92 Å². The highest BCUT2D eigenvalue weighted by atomic mass is 35.5. The van der Waals surface area contributed by atoms with E-state index in [0.29, 0.717) is 59.8 Å². The zero-order chi connectivity index (χ0) is 20.3. The molecule has 2 aromatic carbocycles. The fourth-order valence-electron chi connectivity index (χ4n) is 3.23. The number of carbonyl (C=O) groups is 1. The standard InChI is InChI=1S/C19H18Cl3N3O3/c20-14-3-1-13(16(22)11-14)2-6-19(26)24-9-7-23(8-10-24)17-5-4-15(21)12-18(17)25(27)28/h1,3-5,11-12H,2,6-10H2. The number of rotatable bonds is 5. The third-order valence-electron chi connectivity index (χ3n) is 4.73. The molecule has 1 aliphatic rings. The molecule has 0 saturated carbocycles. The van der Waals surface area contributed by atoms with E-state index in [1.165, 1.54) is 6.07 Å². The number of amides is 1. The monoisotopic (exact) mass is 441 g/mol. The van der Waals surface area contributed by atoms with Gasteiger partial charge in [0.2, 0.25) is 5.91 Å². The summed E-state index contributed by atoms with van der Waals surface area (Å²) in [4.78, 5) is 27.1. The van der Waals surface area contributed by atoms with Crippen molar-refractivity contribution in [2.45, 2.75) is 12.8 Å². The van der Waals surface area contributed by atoms with Crippen LogP contribution >= 0.6 is 34.8 Å². The largest absolute Gasteiger partial charge is 0.362 e. The van der Waals surface area contributed by atoms with Gasteiger partial charge in [-0.25, -0.2) is 0 Å². The minimum Gasteiger partial charge on any atom is -0.362 e. The summed E-state index contributed by atoms with van der Waals surface area (Å²) in [5.41, 5.74) is 1.38. The van der Waals surface area contributed by atoms with E-state index in [-0.39, 0.29) is 11.6 Å². The molecule has 0 spiro atoms. The van der Waals surface area contributed by atoms with Gasteiger partial charge in [-0.1, -0.05) is 40.9 Å². The van der Waals surface area contributed by atoms with Crippen LogP contribution in [0.5, 0.6) is 0 Å². The molecule has 1 amide bonds. The highest BCUT2D eigenvalue weighted by Gasteiger charge is 2.26. The lowest BCUT2D eigenvalue weighted by atomic mass is 10.1. The van der Waals surface area contributed by atoms with Crippen LogP contribution in [0.15, 0.2) is 36.4 Å². The maximum absolute atomic E-state index is 12.5. The van der Waals surface area contributed by atoms with Crippen LogP contribution in [0.1, 0.15) is 12.0 Å². The molecule has 0 bridgehead atoms. The van der Waals surface area contributed by atoms with Crippen molar-refractivity contribution in [1.29, 1.82) is 0 Å². The third kappa shape index (κ3) is 4.87. The summed E-state index contributed by atoms with van der Waals surface area (Å²) >= 11 is 17.9. The van der Waals surface area contributed by atoms with Crippen LogP contribution in [0.4, 0.5) is 11.4 Å². The number of anilines is 1. The molecular weight excluding hydrogens is 425 g/mol. The summed E-state index contributed by atoms with van der Waals surface area (Å²) in [5.74, 6) is 0.0382. The lowest BCUT2D eigenvalue weighted by Crippen LogP contribution is -2.49. The average molecular weight is 443 g/mol. The molecule has 1 aliphatic heterocycles. The number of aryl methyl sites for hydroxylation is 1. The molecule has 6 nitrogen and oxygen atoms in total. The van der Waals surface area contributed by atoms with E-state index in [1.54, 1.807) is 29.2 Å². The van der Waals surface area contributed by atoms with E-state index in [0.717, 1.165) is 5.56 Å². The zero-order valence-corrected chi connectivity index (χ0v) is 17.2. The van der Waals surface area contributed by atoms with Crippen molar-refractivity contribution < 1.29 is 9.72 Å². The number of piperazine rings is 1. The van der Waals surface area contributed by atoms with Gasteiger partial charge in [-0.05, 0) is 36.2 Å². The average Bonchev–Trinajstić information content (AvgIpc) is 2.67. The molecule has 0 aromatic heterocycles. The van der Waals surface area contributed by atoms with E-state index in [9.17, 15) is 14.9 Å². The Bertz CT molecular complexity index is 899. The normalized spacial score (nSPS) is 14.2. The van der Waals surface area contributed by atoms with E-state index >= 15 is 0 Å². The number of benzene rings is 2. The Kier molecular flexibility index (Phi) is 6.65. The maximum atomic E-state index is 12.5. The first-order chi connectivity index (χ1) is 13.3. The highest BCUT2D eigenvalue weighted by Crippen LogP contribution is 2.31. The smallest absolute Gasteiger partial charge is 0.294 e. The number of hydrogen-bond acceptors (Lipinski definition) is 4. The molecule has 0 N–H and O–H groups in total. The van der Waals surface area contributed by atoms with Crippen LogP contribution < -0.4 is 4.90 Å². The number of halogens is 3. The van der Waals surface area contributed by atoms with Crippen LogP contribution in [-0.2, 0) is 11.2 Å². The van der Waals surface area contributed by atoms with E-state index in [1.807, 2.05) is 11.0 Å². The zero-order valence-electron chi connectivity index (χ0n) is 14.9. The minimum atomic E-state index is -0.436. The third-order valence-corrected chi connectivity index (χ3v) is 5.55. The number of carbonyl (C=O) groups excluding carboxylic acids is 1. The highest BCUT2D eigenvalue weighted by molar-refractivity contribution is 6.35. The van der Waals surface area contributed by atoms with Gasteiger partial charge in [-0.3, -0.25) is 14.9 Å². The fourth-order valence-corrected chi connectivity index (χ4v) is 3.90. The Hall–Kier alpha value is -2.02. The van der Waals surface area contributed by atoms with E-state index in [2.05, 4.69) is 0 Å². The summed E-state index contributed by atoms with van der Waals surface area (Å²) in [5, 5.41) is 12.7. The van der Waals surface area contributed by atoms with Crippen molar-refractivity contribution in [3.05, 3.63) is 67.1 Å². The maximum Gasteiger partial charge on any atom is 0.294 e. The van der Waals surface area contributed by atoms with Crippen molar-refractivity contribution in [2.24, 2.45) is 0 Å². The lowest BCUT2D eigenvalue weighted by molar-refractivity contribution is -0.384. The van der Waals surface area contributed by atoms with Gasteiger partial charge < -0.3 is 9.80 Å². The number of nitro groups is 1. The summed E-state index contributed by atoms with van der Waals surface area (Å²) in [6, 6.07) is 9.89. The summed E-state index contributed by atoms with van der Waals surface area (Å²) in [6.07, 6.45) is 0.889. The molecule has 28 heavy (non-hydrogen) atoms. The topological polar surface area (TPSA) is 66.7 Å². The van der Waals surface area contributed by atoms with Crippen LogP contribution in [0.25, 0.3) is 0 Å². The van der Waals surface area contributed by atoms with Gasteiger partial charge in [0.05, 0.1) is 4.92 Å². The van der Waals surface area contributed by atoms with Gasteiger partial charge in [0, 0.05) is 53.7 Å². The molecule has 1 saturated heterocycles. The predicted octanol–water partition coefficient (Wildman–Crippen LogP) is 4.84. The summed E-state index contributed by atoms with van der Waals surface area (Å²) < 4.78 is 0. The van der Waals surface area contributed by atoms with Gasteiger partial charge in [0.1, 0.15) is 5.69 Å². The summed E-state index contributed by atoms with van der Waals surface area (Å²) in [6.45, 7) is 2.06. The quantitative estimate of drug-likeness (QED) is 0.491. The van der Waals surface area contributed by atoms with Gasteiger partial charge in [0.25, 0.3) is 5.69 Å². The Morgan fingerprint density at radius 2 is 1.64 bits per heavy atom. The molecular formula is C19H18Cl3N3O3. The number of nitrogens with zero attached hydrogens (tertiary/aromatic N) is 3. The van der Waals surface area contributed by atoms with Gasteiger partial charge >= 0.3 is 0 Å². The van der Waals surface area contributed by atoms with Crippen LogP contribution in [0, 0.1) is 10.1 Å². The van der Waals surface area contributed by atoms with Gasteiger partial charge in [-0.15, -0.1) is 0 Å². The first-order valence-electron chi connectivity index (χ1n) is 8.76. The Morgan fingerprint density at radius 1 is 1.00 bits per heavy atom. The Morgan fingerprint density at radius 3 is 2.29 bits per heavy atom. The van der Waals surface area contributed by atoms with Crippen molar-refractivity contribution in [2.75, 3.05) is 31.1 Å². The van der Waals surface area contributed by atoms with Crippen LogP contribution in [-0.4, -0.2) is 41.9 Å². The second-order valence-corrected chi connectivity index (χ2v) is 7.77. The van der Waals surface area contributed by atoms with E-state index in [4.69, 9.17) is 34.8 Å². The minimum absolute atomic E-state index is 0.0235. The molecule has 1 heterocycles.